The summed E-state index contributed by atoms with van der Waals surface area (Å²) in [5.41, 5.74) is 1.08. The zero-order valence-electron chi connectivity index (χ0n) is 14.9. The van der Waals surface area contributed by atoms with E-state index in [4.69, 9.17) is 11.6 Å². The first-order valence-electron chi connectivity index (χ1n) is 8.69. The quantitative estimate of drug-likeness (QED) is 0.808. The molecule has 1 saturated heterocycles. The number of rotatable bonds is 6. The molecule has 1 atom stereocenters. The number of halogens is 1. The Balaban J connectivity index is 1.63. The van der Waals surface area contributed by atoms with E-state index in [9.17, 15) is 9.59 Å². The first-order valence-corrected chi connectivity index (χ1v) is 9.07. The number of likely N-dealkylation sites (N-methyl/N-ethyl adjacent to an activating group) is 1. The van der Waals surface area contributed by atoms with Crippen molar-refractivity contribution in [1.29, 1.82) is 0 Å². The number of hydrogen-bond acceptors (Lipinski definition) is 3. The van der Waals surface area contributed by atoms with Crippen molar-refractivity contribution in [3.8, 4) is 0 Å². The van der Waals surface area contributed by atoms with Crippen molar-refractivity contribution in [3.63, 3.8) is 0 Å². The number of piperazine rings is 1. The lowest BCUT2D eigenvalue weighted by Gasteiger charge is -2.32. The lowest BCUT2D eigenvalue weighted by molar-refractivity contribution is -0.132. The highest BCUT2D eigenvalue weighted by atomic mass is 35.5. The largest absolute Gasteiger partial charge is 0.340 e. The maximum Gasteiger partial charge on any atom is 0.314 e. The third kappa shape index (κ3) is 6.55. The van der Waals surface area contributed by atoms with E-state index in [1.165, 1.54) is 0 Å². The van der Waals surface area contributed by atoms with Gasteiger partial charge in [-0.3, -0.25) is 4.79 Å². The molecule has 0 aromatic heterocycles. The number of urea groups is 1. The van der Waals surface area contributed by atoms with Crippen LogP contribution in [-0.4, -0.2) is 68.1 Å². The smallest absolute Gasteiger partial charge is 0.314 e. The zero-order chi connectivity index (χ0) is 18.2. The molecule has 1 heterocycles. The summed E-state index contributed by atoms with van der Waals surface area (Å²) in [6, 6.07) is 7.37. The van der Waals surface area contributed by atoms with E-state index in [2.05, 4.69) is 22.6 Å². The van der Waals surface area contributed by atoms with Crippen molar-refractivity contribution in [2.24, 2.45) is 0 Å². The van der Waals surface area contributed by atoms with Crippen LogP contribution in [0.4, 0.5) is 4.79 Å². The minimum absolute atomic E-state index is 0.0979. The summed E-state index contributed by atoms with van der Waals surface area (Å²) >= 11 is 5.98. The molecule has 0 bridgehead atoms. The van der Waals surface area contributed by atoms with E-state index in [-0.39, 0.29) is 17.9 Å². The van der Waals surface area contributed by atoms with E-state index >= 15 is 0 Å². The molecule has 0 aliphatic carbocycles. The molecule has 1 unspecified atom stereocenters. The molecule has 0 radical (unpaired) electrons. The topological polar surface area (TPSA) is 64.7 Å². The van der Waals surface area contributed by atoms with Gasteiger partial charge in [0.1, 0.15) is 0 Å². The molecule has 1 aliphatic rings. The van der Waals surface area contributed by atoms with E-state index in [1.807, 2.05) is 36.1 Å². The lowest BCUT2D eigenvalue weighted by Crippen LogP contribution is -2.48. The molecule has 7 heteroatoms. The molecular weight excluding hydrogens is 340 g/mol. The molecule has 6 nitrogen and oxygen atoms in total. The number of nitrogens with one attached hydrogen (secondary N) is 2. The van der Waals surface area contributed by atoms with Crippen LogP contribution in [0.3, 0.4) is 0 Å². The predicted octanol–water partition coefficient (Wildman–Crippen LogP) is 1.91. The summed E-state index contributed by atoms with van der Waals surface area (Å²) in [6.07, 6.45) is 0.334. The Labute approximate surface area is 154 Å². The summed E-state index contributed by atoms with van der Waals surface area (Å²) < 4.78 is 0. The molecule has 138 valence electrons. The highest BCUT2D eigenvalue weighted by Gasteiger charge is 2.18. The van der Waals surface area contributed by atoms with Gasteiger partial charge in [0.15, 0.2) is 0 Å². The van der Waals surface area contributed by atoms with Crippen LogP contribution in [0, 0.1) is 0 Å². The van der Waals surface area contributed by atoms with Crippen molar-refractivity contribution >= 4 is 23.5 Å². The van der Waals surface area contributed by atoms with Crippen LogP contribution in [0.5, 0.6) is 0 Å². The fourth-order valence-corrected chi connectivity index (χ4v) is 2.93. The Kier molecular flexibility index (Phi) is 7.52. The van der Waals surface area contributed by atoms with Crippen LogP contribution in [0.25, 0.3) is 0 Å². The fourth-order valence-electron chi connectivity index (χ4n) is 2.74. The van der Waals surface area contributed by atoms with Crippen LogP contribution in [0.2, 0.25) is 5.02 Å². The number of amides is 3. The molecule has 2 N–H and O–H groups in total. The number of carbonyl (C=O) groups is 2. The zero-order valence-corrected chi connectivity index (χ0v) is 15.7. The third-order valence-electron chi connectivity index (χ3n) is 4.47. The second-order valence-electron chi connectivity index (χ2n) is 6.53. The standard InChI is InChI=1S/C18H27ClN4O2/c1-14(15-4-3-5-16(19)12-15)13-21-18(25)20-7-6-17(24)23-10-8-22(2)9-11-23/h3-5,12,14H,6-11,13H2,1-2H3,(H2,20,21,25). The summed E-state index contributed by atoms with van der Waals surface area (Å²) in [6.45, 7) is 6.23. The molecule has 3 amide bonds. The molecule has 0 spiro atoms. The maximum atomic E-state index is 12.1. The van der Waals surface area contributed by atoms with Crippen LogP contribution in [-0.2, 0) is 4.79 Å². The second kappa shape index (κ2) is 9.63. The molecule has 1 aromatic carbocycles. The van der Waals surface area contributed by atoms with Crippen molar-refractivity contribution in [3.05, 3.63) is 34.9 Å². The Morgan fingerprint density at radius 3 is 2.60 bits per heavy atom. The van der Waals surface area contributed by atoms with Crippen LogP contribution < -0.4 is 10.6 Å². The van der Waals surface area contributed by atoms with Crippen molar-refractivity contribution in [2.45, 2.75) is 19.3 Å². The monoisotopic (exact) mass is 366 g/mol. The molecule has 1 aliphatic heterocycles. The average Bonchev–Trinajstić information content (AvgIpc) is 2.60. The van der Waals surface area contributed by atoms with Gasteiger partial charge in [0.25, 0.3) is 0 Å². The third-order valence-corrected chi connectivity index (χ3v) is 4.70. The second-order valence-corrected chi connectivity index (χ2v) is 6.96. The number of nitrogens with zero attached hydrogens (tertiary/aromatic N) is 2. The first kappa shape index (κ1) is 19.5. The summed E-state index contributed by atoms with van der Waals surface area (Å²) in [5.74, 6) is 0.261. The minimum atomic E-state index is -0.250. The summed E-state index contributed by atoms with van der Waals surface area (Å²) in [5, 5.41) is 6.27. The highest BCUT2D eigenvalue weighted by molar-refractivity contribution is 6.30. The normalized spacial score (nSPS) is 16.4. The summed E-state index contributed by atoms with van der Waals surface area (Å²) in [4.78, 5) is 28.0. The van der Waals surface area contributed by atoms with Crippen molar-refractivity contribution in [2.75, 3.05) is 46.3 Å². The summed E-state index contributed by atoms with van der Waals surface area (Å²) in [7, 11) is 2.05. The Morgan fingerprint density at radius 1 is 1.20 bits per heavy atom. The van der Waals surface area contributed by atoms with Gasteiger partial charge in [0, 0.05) is 50.7 Å². The Bertz CT molecular complexity index is 588. The molecule has 25 heavy (non-hydrogen) atoms. The average molecular weight is 367 g/mol. The van der Waals surface area contributed by atoms with Gasteiger partial charge in [0.2, 0.25) is 5.91 Å². The van der Waals surface area contributed by atoms with Gasteiger partial charge < -0.3 is 20.4 Å². The van der Waals surface area contributed by atoms with Gasteiger partial charge in [0.05, 0.1) is 0 Å². The van der Waals surface area contributed by atoms with E-state index < -0.39 is 0 Å². The van der Waals surface area contributed by atoms with Crippen LogP contribution in [0.15, 0.2) is 24.3 Å². The fraction of sp³-hybridized carbons (Fsp3) is 0.556. The SMILES string of the molecule is CC(CNC(=O)NCCC(=O)N1CCN(C)CC1)c1cccc(Cl)c1. The van der Waals surface area contributed by atoms with Gasteiger partial charge in [-0.2, -0.15) is 0 Å². The van der Waals surface area contributed by atoms with E-state index in [0.29, 0.717) is 24.5 Å². The molecule has 0 saturated carbocycles. The Hall–Kier alpha value is -1.79. The number of carbonyl (C=O) groups excluding carboxylic acids is 2. The number of hydrogen-bond donors (Lipinski definition) is 2. The first-order chi connectivity index (χ1) is 12.0. The molecule has 2 rings (SSSR count). The molecule has 1 aromatic rings. The predicted molar refractivity (Wildman–Crippen MR) is 100.0 cm³/mol. The highest BCUT2D eigenvalue weighted by Crippen LogP contribution is 2.18. The lowest BCUT2D eigenvalue weighted by atomic mass is 10.0. The molecule has 1 fully saturated rings. The van der Waals surface area contributed by atoms with Crippen molar-refractivity contribution < 1.29 is 9.59 Å². The molecular formula is C18H27ClN4O2. The van der Waals surface area contributed by atoms with Crippen molar-refractivity contribution in [1.82, 2.24) is 20.4 Å². The Morgan fingerprint density at radius 2 is 1.92 bits per heavy atom. The van der Waals surface area contributed by atoms with Gasteiger partial charge in [-0.25, -0.2) is 4.79 Å². The van der Waals surface area contributed by atoms with Gasteiger partial charge in [-0.15, -0.1) is 0 Å². The maximum absolute atomic E-state index is 12.1. The van der Waals surface area contributed by atoms with Gasteiger partial charge in [-0.1, -0.05) is 30.7 Å². The van der Waals surface area contributed by atoms with E-state index in [1.54, 1.807) is 0 Å². The van der Waals surface area contributed by atoms with Gasteiger partial charge >= 0.3 is 6.03 Å². The number of benzene rings is 1. The van der Waals surface area contributed by atoms with E-state index in [0.717, 1.165) is 31.7 Å². The van der Waals surface area contributed by atoms with Gasteiger partial charge in [-0.05, 0) is 30.7 Å². The van der Waals surface area contributed by atoms with Crippen LogP contribution >= 0.6 is 11.6 Å². The van der Waals surface area contributed by atoms with Crippen LogP contribution in [0.1, 0.15) is 24.8 Å². The minimum Gasteiger partial charge on any atom is -0.340 e.